The molecule has 10 heteroatoms. The lowest BCUT2D eigenvalue weighted by atomic mass is 10.0. The van der Waals surface area contributed by atoms with Crippen molar-refractivity contribution in [2.45, 2.75) is 219 Å². The highest BCUT2D eigenvalue weighted by Crippen LogP contribution is 2.38. The number of carbonyl (C=O) groups is 2. The fourth-order valence-corrected chi connectivity index (χ4v) is 7.14. The normalized spacial score (nSPS) is 13.6. The summed E-state index contributed by atoms with van der Waals surface area (Å²) < 4.78 is 33.9. The number of rotatable bonds is 42. The molecule has 1 unspecified atom stereocenters. The van der Waals surface area contributed by atoms with E-state index in [1.54, 1.807) is 0 Å². The van der Waals surface area contributed by atoms with Gasteiger partial charge in [-0.1, -0.05) is 174 Å². The molecule has 0 rings (SSSR count). The predicted molar refractivity (Wildman–Crippen MR) is 227 cm³/mol. The summed E-state index contributed by atoms with van der Waals surface area (Å²) in [6.45, 7) is 4.23. The van der Waals surface area contributed by atoms with Crippen LogP contribution in [0.25, 0.3) is 0 Å². The van der Waals surface area contributed by atoms with Crippen LogP contribution in [-0.4, -0.2) is 70.0 Å². The Hall–Kier alpha value is -1.25. The Labute approximate surface area is 339 Å². The van der Waals surface area contributed by atoms with Crippen molar-refractivity contribution in [1.29, 1.82) is 0 Å². The topological polar surface area (TPSA) is 111 Å². The zero-order valence-corrected chi connectivity index (χ0v) is 37.5. The maximum Gasteiger partial charge on any atom is 0.306 e. The maximum atomic E-state index is 12.7. The van der Waals surface area contributed by atoms with Crippen molar-refractivity contribution in [2.24, 2.45) is 0 Å². The van der Waals surface area contributed by atoms with Gasteiger partial charge in [0.1, 0.15) is 19.8 Å². The molecule has 55 heavy (non-hydrogen) atoms. The van der Waals surface area contributed by atoms with Gasteiger partial charge in [0.15, 0.2) is 6.10 Å². The van der Waals surface area contributed by atoms with Crippen molar-refractivity contribution >= 4 is 19.8 Å². The molecule has 0 fully saturated rings. The molecule has 0 aliphatic carbocycles. The maximum absolute atomic E-state index is 12.7. The summed E-state index contributed by atoms with van der Waals surface area (Å²) in [5.74, 6) is -0.834. The number of unbranched alkanes of at least 4 members (excludes halogenated alkanes) is 26. The summed E-state index contributed by atoms with van der Waals surface area (Å²) in [6, 6.07) is 0. The average Bonchev–Trinajstić information content (AvgIpc) is 3.13. The molecule has 0 N–H and O–H groups in total. The van der Waals surface area contributed by atoms with Crippen molar-refractivity contribution in [3.63, 3.8) is 0 Å². The van der Waals surface area contributed by atoms with E-state index in [1.165, 1.54) is 128 Å². The number of esters is 2. The first-order valence-electron chi connectivity index (χ1n) is 22.9. The van der Waals surface area contributed by atoms with E-state index in [9.17, 15) is 19.0 Å². The molecule has 9 nitrogen and oxygen atoms in total. The fourth-order valence-electron chi connectivity index (χ4n) is 6.41. The molecule has 0 radical (unpaired) electrons. The lowest BCUT2D eigenvalue weighted by molar-refractivity contribution is -0.870. The minimum absolute atomic E-state index is 0.0293. The SMILES string of the molecule is CCCCCC/C=C\CCCCCCCC(=O)O[C@H](COC(=O)CCCCCCCCCCCCCCCCCCCC)COP(=O)([O-])OCC[N+](C)(C)C. The van der Waals surface area contributed by atoms with Crippen LogP contribution in [-0.2, 0) is 32.7 Å². The van der Waals surface area contributed by atoms with Gasteiger partial charge < -0.3 is 27.9 Å². The van der Waals surface area contributed by atoms with Gasteiger partial charge in [0.2, 0.25) is 0 Å². The van der Waals surface area contributed by atoms with Crippen LogP contribution in [0.5, 0.6) is 0 Å². The van der Waals surface area contributed by atoms with Gasteiger partial charge in [-0.3, -0.25) is 14.2 Å². The molecule has 0 amide bonds. The Morgan fingerprint density at radius 2 is 0.927 bits per heavy atom. The lowest BCUT2D eigenvalue weighted by Crippen LogP contribution is -2.37. The molecule has 0 saturated carbocycles. The number of hydrogen-bond donors (Lipinski definition) is 0. The van der Waals surface area contributed by atoms with Crippen molar-refractivity contribution in [3.05, 3.63) is 12.2 Å². The summed E-state index contributed by atoms with van der Waals surface area (Å²) in [5.41, 5.74) is 0. The van der Waals surface area contributed by atoms with E-state index in [1.807, 2.05) is 21.1 Å². The van der Waals surface area contributed by atoms with E-state index >= 15 is 0 Å². The number of nitrogens with zero attached hydrogens (tertiary/aromatic N) is 1. The molecule has 0 aliphatic rings. The minimum atomic E-state index is -4.62. The Bertz CT molecular complexity index is 954. The molecule has 0 spiro atoms. The minimum Gasteiger partial charge on any atom is -0.756 e. The number of carbonyl (C=O) groups excluding carboxylic acids is 2. The van der Waals surface area contributed by atoms with Crippen LogP contribution in [0, 0.1) is 0 Å². The standard InChI is InChI=1S/C45H88NO8P/c1-6-8-10-12-14-16-18-20-21-22-23-24-26-27-29-31-33-35-37-44(47)51-41-43(42-53-55(49,50)52-40-39-46(3,4)5)54-45(48)38-36-34-32-30-28-25-19-17-15-13-11-9-7-2/h17,19,43H,6-16,18,20-42H2,1-5H3/b19-17-/t43-/m1/s1. The van der Waals surface area contributed by atoms with E-state index in [0.29, 0.717) is 17.4 Å². The van der Waals surface area contributed by atoms with Crippen molar-refractivity contribution in [3.8, 4) is 0 Å². The first-order chi connectivity index (χ1) is 26.5. The summed E-state index contributed by atoms with van der Waals surface area (Å²) in [5, 5.41) is 0. The number of ether oxygens (including phenoxy) is 2. The number of allylic oxidation sites excluding steroid dienone is 2. The molecule has 0 aliphatic heterocycles. The monoisotopic (exact) mass is 802 g/mol. The third-order valence-corrected chi connectivity index (χ3v) is 11.0. The summed E-state index contributed by atoms with van der Waals surface area (Å²) >= 11 is 0. The molecule has 0 bridgehead atoms. The van der Waals surface area contributed by atoms with Crippen molar-refractivity contribution < 1.29 is 42.1 Å². The number of phosphoric ester groups is 1. The van der Waals surface area contributed by atoms with Gasteiger partial charge in [0.05, 0.1) is 27.7 Å². The molecule has 2 atom stereocenters. The van der Waals surface area contributed by atoms with Crippen LogP contribution < -0.4 is 4.89 Å². The largest absolute Gasteiger partial charge is 0.756 e. The quantitative estimate of drug-likeness (QED) is 0.0197. The predicted octanol–water partition coefficient (Wildman–Crippen LogP) is 12.3. The lowest BCUT2D eigenvalue weighted by Gasteiger charge is -2.28. The van der Waals surface area contributed by atoms with Gasteiger partial charge in [-0.15, -0.1) is 0 Å². The molecule has 0 aromatic carbocycles. The second kappa shape index (κ2) is 38.3. The smallest absolute Gasteiger partial charge is 0.306 e. The van der Waals surface area contributed by atoms with Crippen molar-refractivity contribution in [1.82, 2.24) is 0 Å². The zero-order valence-electron chi connectivity index (χ0n) is 36.6. The van der Waals surface area contributed by atoms with E-state index in [2.05, 4.69) is 26.0 Å². The van der Waals surface area contributed by atoms with Crippen molar-refractivity contribution in [2.75, 3.05) is 47.5 Å². The van der Waals surface area contributed by atoms with Crippen LogP contribution >= 0.6 is 7.82 Å². The summed E-state index contributed by atoms with van der Waals surface area (Å²) in [7, 11) is 1.17. The number of phosphoric acid groups is 1. The number of quaternary nitrogens is 1. The third-order valence-electron chi connectivity index (χ3n) is 10.0. The first kappa shape index (κ1) is 53.8. The van der Waals surface area contributed by atoms with Crippen LogP contribution in [0.4, 0.5) is 0 Å². The van der Waals surface area contributed by atoms with E-state index in [-0.39, 0.29) is 32.0 Å². The Morgan fingerprint density at radius 3 is 1.36 bits per heavy atom. The number of hydrogen-bond acceptors (Lipinski definition) is 8. The molecule has 0 heterocycles. The highest BCUT2D eigenvalue weighted by atomic mass is 31.2. The Kier molecular flexibility index (Phi) is 37.4. The van der Waals surface area contributed by atoms with Gasteiger partial charge in [-0.25, -0.2) is 0 Å². The number of likely N-dealkylation sites (N-methyl/N-ethyl adjacent to an activating group) is 1. The Balaban J connectivity index is 4.28. The highest BCUT2D eigenvalue weighted by Gasteiger charge is 2.21. The Morgan fingerprint density at radius 1 is 0.545 bits per heavy atom. The van der Waals surface area contributed by atoms with Gasteiger partial charge in [-0.05, 0) is 38.5 Å². The molecular formula is C45H88NO8P. The molecule has 0 saturated heterocycles. The van der Waals surface area contributed by atoms with E-state index in [0.717, 1.165) is 51.4 Å². The first-order valence-corrected chi connectivity index (χ1v) is 24.4. The molecular weight excluding hydrogens is 713 g/mol. The van der Waals surface area contributed by atoms with Gasteiger partial charge in [0, 0.05) is 12.8 Å². The van der Waals surface area contributed by atoms with Crippen LogP contribution in [0.1, 0.15) is 213 Å². The van der Waals surface area contributed by atoms with Gasteiger partial charge in [-0.2, -0.15) is 0 Å². The highest BCUT2D eigenvalue weighted by molar-refractivity contribution is 7.45. The second-order valence-electron chi connectivity index (χ2n) is 16.8. The second-order valence-corrected chi connectivity index (χ2v) is 18.2. The molecule has 326 valence electrons. The molecule has 0 aromatic rings. The van der Waals surface area contributed by atoms with Crippen LogP contribution in [0.2, 0.25) is 0 Å². The van der Waals surface area contributed by atoms with Crippen LogP contribution in [0.3, 0.4) is 0 Å². The average molecular weight is 802 g/mol. The molecule has 0 aromatic heterocycles. The summed E-state index contributed by atoms with van der Waals surface area (Å²) in [6.07, 6.45) is 39.5. The van der Waals surface area contributed by atoms with Gasteiger partial charge in [0.25, 0.3) is 7.82 Å². The van der Waals surface area contributed by atoms with E-state index in [4.69, 9.17) is 18.5 Å². The van der Waals surface area contributed by atoms with E-state index < -0.39 is 26.5 Å². The fraction of sp³-hybridized carbons (Fsp3) is 0.911. The van der Waals surface area contributed by atoms with Gasteiger partial charge >= 0.3 is 11.9 Å². The third kappa shape index (κ3) is 42.2. The zero-order chi connectivity index (χ0) is 40.7. The van der Waals surface area contributed by atoms with Crippen LogP contribution in [0.15, 0.2) is 12.2 Å². The summed E-state index contributed by atoms with van der Waals surface area (Å²) in [4.78, 5) is 37.5.